The zero-order valence-corrected chi connectivity index (χ0v) is 14.6. The molecule has 4 heteroatoms. The van der Waals surface area contributed by atoms with E-state index in [-0.39, 0.29) is 0 Å². The zero-order valence-electron chi connectivity index (χ0n) is 13.8. The van der Waals surface area contributed by atoms with Gasteiger partial charge in [-0.25, -0.2) is 0 Å². The first-order chi connectivity index (χ1) is 9.36. The van der Waals surface area contributed by atoms with Gasteiger partial charge in [-0.05, 0) is 44.6 Å². The summed E-state index contributed by atoms with van der Waals surface area (Å²) in [4.78, 5) is 7.44. The van der Waals surface area contributed by atoms with Crippen molar-refractivity contribution in [1.29, 1.82) is 0 Å². The molecule has 2 aliphatic heterocycles. The van der Waals surface area contributed by atoms with Gasteiger partial charge in [0.05, 0.1) is 0 Å². The molecule has 116 valence electrons. The van der Waals surface area contributed by atoms with Crippen LogP contribution in [0.4, 0.5) is 0 Å². The van der Waals surface area contributed by atoms with Crippen molar-refractivity contribution in [3.05, 3.63) is 0 Å². The summed E-state index contributed by atoms with van der Waals surface area (Å²) < 4.78 is 0. The van der Waals surface area contributed by atoms with Gasteiger partial charge in [0.25, 0.3) is 0 Å². The molecule has 0 bridgehead atoms. The highest BCUT2D eigenvalue weighted by atomic mass is 32.2. The van der Waals surface area contributed by atoms with E-state index < -0.39 is 0 Å². The number of aliphatic imine (C=N–C) groups is 1. The Kier molecular flexibility index (Phi) is 5.41. The fourth-order valence-electron chi connectivity index (χ4n) is 2.97. The minimum absolute atomic E-state index is 0.323. The summed E-state index contributed by atoms with van der Waals surface area (Å²) in [7, 11) is 0. The number of thioether (sulfide) groups is 1. The van der Waals surface area contributed by atoms with Crippen LogP contribution in [0.25, 0.3) is 0 Å². The highest BCUT2D eigenvalue weighted by Crippen LogP contribution is 2.27. The van der Waals surface area contributed by atoms with Crippen LogP contribution in [-0.4, -0.2) is 47.5 Å². The number of nitrogens with one attached hydrogen (secondary N) is 1. The lowest BCUT2D eigenvalue weighted by Gasteiger charge is -2.35. The molecule has 2 heterocycles. The molecule has 0 radical (unpaired) electrons. The summed E-state index contributed by atoms with van der Waals surface area (Å²) in [5, 5.41) is 4.83. The highest BCUT2D eigenvalue weighted by Gasteiger charge is 2.29. The molecule has 2 fully saturated rings. The van der Waals surface area contributed by atoms with E-state index in [9.17, 15) is 0 Å². The summed E-state index contributed by atoms with van der Waals surface area (Å²) in [5.74, 6) is 1.96. The third kappa shape index (κ3) is 4.39. The normalized spacial score (nSPS) is 31.0. The van der Waals surface area contributed by atoms with E-state index in [0.29, 0.717) is 17.5 Å². The molecule has 2 unspecified atom stereocenters. The first-order valence-electron chi connectivity index (χ1n) is 8.04. The summed E-state index contributed by atoms with van der Waals surface area (Å²) in [6.45, 7) is 15.0. The van der Waals surface area contributed by atoms with E-state index in [2.05, 4.69) is 44.8 Å². The SMILES string of the molecule is CC(C)N1CCC(CN=C2NC(C(C)(C)C)CCS2)C1. The van der Waals surface area contributed by atoms with Crippen molar-refractivity contribution in [2.45, 2.75) is 59.5 Å². The number of likely N-dealkylation sites (tertiary alicyclic amines) is 1. The predicted octanol–water partition coefficient (Wildman–Crippen LogP) is 3.21. The lowest BCUT2D eigenvalue weighted by Crippen LogP contribution is -2.46. The quantitative estimate of drug-likeness (QED) is 0.867. The van der Waals surface area contributed by atoms with Crippen LogP contribution >= 0.6 is 11.8 Å². The maximum absolute atomic E-state index is 4.86. The number of hydrogen-bond donors (Lipinski definition) is 1. The topological polar surface area (TPSA) is 27.6 Å². The molecular formula is C16H31N3S. The third-order valence-electron chi connectivity index (χ3n) is 4.53. The van der Waals surface area contributed by atoms with Crippen LogP contribution in [0.5, 0.6) is 0 Å². The minimum Gasteiger partial charge on any atom is -0.362 e. The summed E-state index contributed by atoms with van der Waals surface area (Å²) in [5.41, 5.74) is 0.323. The maximum Gasteiger partial charge on any atom is 0.156 e. The van der Waals surface area contributed by atoms with Crippen LogP contribution < -0.4 is 5.32 Å². The van der Waals surface area contributed by atoms with Gasteiger partial charge in [0.15, 0.2) is 5.17 Å². The molecule has 2 saturated heterocycles. The molecule has 0 aliphatic carbocycles. The molecule has 0 amide bonds. The lowest BCUT2D eigenvalue weighted by atomic mass is 9.85. The fourth-order valence-corrected chi connectivity index (χ4v) is 3.91. The molecule has 3 nitrogen and oxygen atoms in total. The van der Waals surface area contributed by atoms with Gasteiger partial charge in [0.2, 0.25) is 0 Å². The van der Waals surface area contributed by atoms with Gasteiger partial charge in [-0.15, -0.1) is 0 Å². The maximum atomic E-state index is 4.86. The number of nitrogens with zero attached hydrogens (tertiary/aromatic N) is 2. The summed E-state index contributed by atoms with van der Waals surface area (Å²) in [6, 6.07) is 1.25. The molecule has 0 aromatic heterocycles. The van der Waals surface area contributed by atoms with Gasteiger partial charge in [-0.2, -0.15) is 0 Å². The van der Waals surface area contributed by atoms with E-state index in [4.69, 9.17) is 4.99 Å². The van der Waals surface area contributed by atoms with E-state index in [0.717, 1.165) is 12.5 Å². The monoisotopic (exact) mass is 297 g/mol. The number of hydrogen-bond acceptors (Lipinski definition) is 3. The number of amidine groups is 1. The molecular weight excluding hydrogens is 266 g/mol. The Morgan fingerprint density at radius 2 is 2.10 bits per heavy atom. The second kappa shape index (κ2) is 6.69. The van der Waals surface area contributed by atoms with Crippen LogP contribution in [0, 0.1) is 11.3 Å². The average Bonchev–Trinajstić information content (AvgIpc) is 2.85. The molecule has 0 saturated carbocycles. The van der Waals surface area contributed by atoms with Gasteiger partial charge in [0, 0.05) is 30.9 Å². The Hall–Kier alpha value is -0.220. The van der Waals surface area contributed by atoms with Crippen molar-refractivity contribution in [2.75, 3.05) is 25.4 Å². The van der Waals surface area contributed by atoms with Gasteiger partial charge >= 0.3 is 0 Å². The Labute approximate surface area is 129 Å². The molecule has 0 spiro atoms. The standard InChI is InChI=1S/C16H31N3S/c1-12(2)19-8-6-13(11-19)10-17-15-18-14(7-9-20-15)16(3,4)5/h12-14H,6-11H2,1-5H3,(H,17,18). The molecule has 20 heavy (non-hydrogen) atoms. The zero-order chi connectivity index (χ0) is 14.8. The molecule has 2 atom stereocenters. The smallest absolute Gasteiger partial charge is 0.156 e. The molecule has 2 rings (SSSR count). The first-order valence-corrected chi connectivity index (χ1v) is 9.02. The van der Waals surface area contributed by atoms with Crippen LogP contribution in [-0.2, 0) is 0 Å². The summed E-state index contributed by atoms with van der Waals surface area (Å²) >= 11 is 1.90. The van der Waals surface area contributed by atoms with Gasteiger partial charge in [-0.3, -0.25) is 4.99 Å². The molecule has 0 aromatic carbocycles. The van der Waals surface area contributed by atoms with Crippen molar-refractivity contribution in [1.82, 2.24) is 10.2 Å². The number of rotatable bonds is 3. The second-order valence-corrected chi connectivity index (χ2v) is 8.67. The molecule has 2 aliphatic rings. The summed E-state index contributed by atoms with van der Waals surface area (Å²) in [6.07, 6.45) is 2.56. The van der Waals surface area contributed by atoms with Crippen molar-refractivity contribution in [2.24, 2.45) is 16.3 Å². The Morgan fingerprint density at radius 3 is 2.70 bits per heavy atom. The molecule has 1 N–H and O–H groups in total. The van der Waals surface area contributed by atoms with Gasteiger partial charge in [-0.1, -0.05) is 32.5 Å². The van der Waals surface area contributed by atoms with Crippen LogP contribution in [0.2, 0.25) is 0 Å². The van der Waals surface area contributed by atoms with Crippen LogP contribution in [0.3, 0.4) is 0 Å². The van der Waals surface area contributed by atoms with E-state index in [1.54, 1.807) is 0 Å². The second-order valence-electron chi connectivity index (χ2n) is 7.59. The van der Waals surface area contributed by atoms with Crippen molar-refractivity contribution in [3.63, 3.8) is 0 Å². The molecule has 0 aromatic rings. The van der Waals surface area contributed by atoms with Gasteiger partial charge in [0.1, 0.15) is 0 Å². The Balaban J connectivity index is 1.83. The highest BCUT2D eigenvalue weighted by molar-refractivity contribution is 8.13. The first kappa shape index (κ1) is 16.2. The van der Waals surface area contributed by atoms with E-state index in [1.165, 1.54) is 36.9 Å². The Bertz CT molecular complexity index is 346. The lowest BCUT2D eigenvalue weighted by molar-refractivity contribution is 0.266. The van der Waals surface area contributed by atoms with E-state index >= 15 is 0 Å². The Morgan fingerprint density at radius 1 is 1.35 bits per heavy atom. The average molecular weight is 298 g/mol. The van der Waals surface area contributed by atoms with Crippen molar-refractivity contribution >= 4 is 16.9 Å². The minimum atomic E-state index is 0.323. The van der Waals surface area contributed by atoms with E-state index in [1.807, 2.05) is 11.8 Å². The predicted molar refractivity (Wildman–Crippen MR) is 90.6 cm³/mol. The van der Waals surface area contributed by atoms with Crippen LogP contribution in [0.15, 0.2) is 4.99 Å². The largest absolute Gasteiger partial charge is 0.362 e. The van der Waals surface area contributed by atoms with Crippen LogP contribution in [0.1, 0.15) is 47.5 Å². The van der Waals surface area contributed by atoms with Crippen molar-refractivity contribution < 1.29 is 0 Å². The third-order valence-corrected chi connectivity index (χ3v) is 5.49. The van der Waals surface area contributed by atoms with Crippen molar-refractivity contribution in [3.8, 4) is 0 Å². The van der Waals surface area contributed by atoms with Gasteiger partial charge < -0.3 is 10.2 Å². The fraction of sp³-hybridized carbons (Fsp3) is 0.938.